The first-order valence-electron chi connectivity index (χ1n) is 6.76. The molecule has 0 aliphatic carbocycles. The fourth-order valence-electron chi connectivity index (χ4n) is 2.18. The quantitative estimate of drug-likeness (QED) is 0.549. The molecule has 0 amide bonds. The summed E-state index contributed by atoms with van der Waals surface area (Å²) in [6, 6.07) is 16.5. The second kappa shape index (κ2) is 5.65. The Bertz CT molecular complexity index is 691. The van der Waals surface area contributed by atoms with E-state index in [1.807, 2.05) is 24.3 Å². The van der Waals surface area contributed by atoms with Crippen molar-refractivity contribution in [2.24, 2.45) is 0 Å². The summed E-state index contributed by atoms with van der Waals surface area (Å²) < 4.78 is 5.60. The van der Waals surface area contributed by atoms with Gasteiger partial charge in [0.1, 0.15) is 5.52 Å². The first-order valence-corrected chi connectivity index (χ1v) is 6.76. The largest absolute Gasteiger partial charge is 0.423 e. The maximum absolute atomic E-state index is 5.85. The molecule has 0 fully saturated rings. The lowest BCUT2D eigenvalue weighted by molar-refractivity contribution is 0.612. The van der Waals surface area contributed by atoms with E-state index in [4.69, 9.17) is 10.2 Å². The monoisotopic (exact) mass is 267 g/mol. The first kappa shape index (κ1) is 12.5. The Labute approximate surface area is 117 Å². The summed E-state index contributed by atoms with van der Waals surface area (Å²) in [7, 11) is 0. The molecule has 3 aromatic rings. The van der Waals surface area contributed by atoms with Gasteiger partial charge < -0.3 is 15.5 Å². The molecule has 0 bridgehead atoms. The van der Waals surface area contributed by atoms with E-state index in [9.17, 15) is 0 Å². The van der Waals surface area contributed by atoms with Crippen LogP contribution in [0, 0.1) is 0 Å². The van der Waals surface area contributed by atoms with E-state index in [0.717, 1.165) is 30.5 Å². The minimum atomic E-state index is 0.533. The third kappa shape index (κ3) is 2.74. The lowest BCUT2D eigenvalue weighted by Crippen LogP contribution is -2.03. The fourth-order valence-corrected chi connectivity index (χ4v) is 2.18. The third-order valence-electron chi connectivity index (χ3n) is 3.21. The molecule has 2 aromatic carbocycles. The van der Waals surface area contributed by atoms with Gasteiger partial charge in [-0.1, -0.05) is 36.4 Å². The van der Waals surface area contributed by atoms with E-state index < -0.39 is 0 Å². The van der Waals surface area contributed by atoms with E-state index >= 15 is 0 Å². The normalized spacial score (nSPS) is 10.8. The Morgan fingerprint density at radius 1 is 1.05 bits per heavy atom. The average Bonchev–Trinajstić information content (AvgIpc) is 2.89. The van der Waals surface area contributed by atoms with Crippen LogP contribution >= 0.6 is 0 Å². The van der Waals surface area contributed by atoms with Crippen LogP contribution in [0.25, 0.3) is 11.1 Å². The van der Waals surface area contributed by atoms with Gasteiger partial charge in [0.25, 0.3) is 6.01 Å². The minimum Gasteiger partial charge on any atom is -0.423 e. The number of oxazole rings is 1. The highest BCUT2D eigenvalue weighted by Crippen LogP contribution is 2.23. The topological polar surface area (TPSA) is 64.1 Å². The molecule has 0 saturated heterocycles. The molecule has 0 radical (unpaired) electrons. The number of hydrogen-bond donors (Lipinski definition) is 2. The highest BCUT2D eigenvalue weighted by atomic mass is 16.4. The molecule has 1 aromatic heterocycles. The number of nitrogens with two attached hydrogens (primary N) is 1. The number of rotatable bonds is 5. The Balaban J connectivity index is 1.56. The Kier molecular flexibility index (Phi) is 3.54. The van der Waals surface area contributed by atoms with Gasteiger partial charge in [-0.05, 0) is 30.5 Å². The van der Waals surface area contributed by atoms with Crippen molar-refractivity contribution in [1.29, 1.82) is 0 Å². The molecule has 0 aliphatic rings. The van der Waals surface area contributed by atoms with Crippen molar-refractivity contribution in [3.8, 4) is 0 Å². The molecule has 0 saturated carbocycles. The van der Waals surface area contributed by atoms with Crippen LogP contribution in [0.5, 0.6) is 0 Å². The Morgan fingerprint density at radius 3 is 2.70 bits per heavy atom. The van der Waals surface area contributed by atoms with Gasteiger partial charge in [0.15, 0.2) is 5.58 Å². The fraction of sp³-hybridized carbons (Fsp3) is 0.188. The molecule has 102 valence electrons. The molecule has 3 N–H and O–H groups in total. The summed E-state index contributed by atoms with van der Waals surface area (Å²) in [4.78, 5) is 4.35. The molecule has 4 nitrogen and oxygen atoms in total. The van der Waals surface area contributed by atoms with Crippen LogP contribution < -0.4 is 11.1 Å². The van der Waals surface area contributed by atoms with Crippen LogP contribution in [0.3, 0.4) is 0 Å². The molecule has 20 heavy (non-hydrogen) atoms. The van der Waals surface area contributed by atoms with Gasteiger partial charge in [-0.25, -0.2) is 0 Å². The van der Waals surface area contributed by atoms with Crippen LogP contribution in [0.2, 0.25) is 0 Å². The second-order valence-electron chi connectivity index (χ2n) is 4.73. The van der Waals surface area contributed by atoms with Crippen molar-refractivity contribution in [1.82, 2.24) is 4.98 Å². The van der Waals surface area contributed by atoms with E-state index in [1.54, 1.807) is 0 Å². The van der Waals surface area contributed by atoms with E-state index in [1.165, 1.54) is 5.56 Å². The molecular weight excluding hydrogens is 250 g/mol. The summed E-state index contributed by atoms with van der Waals surface area (Å²) in [5, 5.41) is 3.20. The highest BCUT2D eigenvalue weighted by Gasteiger charge is 2.06. The lowest BCUT2D eigenvalue weighted by Gasteiger charge is -2.02. The molecule has 0 aliphatic heterocycles. The molecule has 0 atom stereocenters. The first-order chi connectivity index (χ1) is 9.83. The third-order valence-corrected chi connectivity index (χ3v) is 3.21. The predicted octanol–water partition coefficient (Wildman–Crippen LogP) is 3.45. The maximum atomic E-state index is 5.85. The van der Waals surface area contributed by atoms with Gasteiger partial charge in [0.05, 0.1) is 5.69 Å². The van der Waals surface area contributed by atoms with Crippen molar-refractivity contribution < 1.29 is 4.42 Å². The molecule has 0 unspecified atom stereocenters. The van der Waals surface area contributed by atoms with Gasteiger partial charge in [-0.2, -0.15) is 4.98 Å². The van der Waals surface area contributed by atoms with E-state index in [2.05, 4.69) is 34.6 Å². The van der Waals surface area contributed by atoms with Crippen molar-refractivity contribution in [3.63, 3.8) is 0 Å². The van der Waals surface area contributed by atoms with Crippen molar-refractivity contribution >= 4 is 22.8 Å². The van der Waals surface area contributed by atoms with Crippen molar-refractivity contribution in [2.75, 3.05) is 17.6 Å². The van der Waals surface area contributed by atoms with Gasteiger partial charge >= 0.3 is 0 Å². The number of nitrogens with one attached hydrogen (secondary N) is 1. The second-order valence-corrected chi connectivity index (χ2v) is 4.73. The van der Waals surface area contributed by atoms with E-state index in [0.29, 0.717) is 11.7 Å². The van der Waals surface area contributed by atoms with Gasteiger partial charge in [-0.3, -0.25) is 0 Å². The van der Waals surface area contributed by atoms with Crippen molar-refractivity contribution in [3.05, 3.63) is 54.1 Å². The number of benzene rings is 2. The summed E-state index contributed by atoms with van der Waals surface area (Å²) in [6.45, 7) is 0.821. The standard InChI is InChI=1S/C16H17N3O/c17-13-9-4-10-14-15(13)19-16(20-14)18-11-5-8-12-6-2-1-3-7-12/h1-4,6-7,9-10H,5,8,11,17H2,(H,18,19). The lowest BCUT2D eigenvalue weighted by atomic mass is 10.1. The van der Waals surface area contributed by atoms with Crippen LogP contribution in [-0.2, 0) is 6.42 Å². The number of hydrogen-bond acceptors (Lipinski definition) is 4. The minimum absolute atomic E-state index is 0.533. The van der Waals surface area contributed by atoms with Crippen LogP contribution in [0.1, 0.15) is 12.0 Å². The van der Waals surface area contributed by atoms with Gasteiger partial charge in [0, 0.05) is 6.54 Å². The number of aromatic nitrogens is 1. The molecular formula is C16H17N3O. The summed E-state index contributed by atoms with van der Waals surface area (Å²) in [5.74, 6) is 0. The summed E-state index contributed by atoms with van der Waals surface area (Å²) in [5.41, 5.74) is 9.27. The maximum Gasteiger partial charge on any atom is 0.295 e. The zero-order valence-corrected chi connectivity index (χ0v) is 11.2. The highest BCUT2D eigenvalue weighted by molar-refractivity contribution is 5.86. The van der Waals surface area contributed by atoms with Crippen LogP contribution in [0.4, 0.5) is 11.7 Å². The van der Waals surface area contributed by atoms with Gasteiger partial charge in [-0.15, -0.1) is 0 Å². The molecule has 1 heterocycles. The number of anilines is 2. The van der Waals surface area contributed by atoms with Gasteiger partial charge in [0.2, 0.25) is 0 Å². The summed E-state index contributed by atoms with van der Waals surface area (Å²) in [6.07, 6.45) is 2.06. The Hall–Kier alpha value is -2.49. The summed E-state index contributed by atoms with van der Waals surface area (Å²) >= 11 is 0. The van der Waals surface area contributed by atoms with E-state index in [-0.39, 0.29) is 0 Å². The zero-order valence-electron chi connectivity index (χ0n) is 11.2. The SMILES string of the molecule is Nc1cccc2oc(NCCCc3ccccc3)nc12. The van der Waals surface area contributed by atoms with Crippen LogP contribution in [0.15, 0.2) is 52.9 Å². The molecule has 3 rings (SSSR count). The molecule has 4 heteroatoms. The average molecular weight is 267 g/mol. The Morgan fingerprint density at radius 2 is 1.90 bits per heavy atom. The van der Waals surface area contributed by atoms with Crippen molar-refractivity contribution in [2.45, 2.75) is 12.8 Å². The number of nitrogens with zero attached hydrogens (tertiary/aromatic N) is 1. The zero-order chi connectivity index (χ0) is 13.8. The number of para-hydroxylation sites is 1. The molecule has 0 spiro atoms. The number of fused-ring (bicyclic) bond motifs is 1. The smallest absolute Gasteiger partial charge is 0.295 e. The predicted molar refractivity (Wildman–Crippen MR) is 81.7 cm³/mol. The number of nitrogen functional groups attached to an aromatic ring is 1. The number of aryl methyl sites for hydroxylation is 1. The van der Waals surface area contributed by atoms with Crippen LogP contribution in [-0.4, -0.2) is 11.5 Å².